The van der Waals surface area contributed by atoms with Gasteiger partial charge in [-0.1, -0.05) is 29.8 Å². The average molecular weight is 343 g/mol. The van der Waals surface area contributed by atoms with Crippen molar-refractivity contribution in [3.63, 3.8) is 0 Å². The first-order valence-corrected chi connectivity index (χ1v) is 8.63. The third-order valence-electron chi connectivity index (χ3n) is 3.33. The SMILES string of the molecule is C[C@H](NCc1ccc(S(=O)(=O)N(C)C)o1)c1ccccc1Cl. The van der Waals surface area contributed by atoms with Gasteiger partial charge in [-0.2, -0.15) is 0 Å². The van der Waals surface area contributed by atoms with Gasteiger partial charge in [0.15, 0.2) is 0 Å². The Morgan fingerprint density at radius 1 is 1.23 bits per heavy atom. The molecule has 2 aromatic rings. The summed E-state index contributed by atoms with van der Waals surface area (Å²) in [5.41, 5.74) is 0.983. The van der Waals surface area contributed by atoms with E-state index in [4.69, 9.17) is 16.0 Å². The fourth-order valence-electron chi connectivity index (χ4n) is 1.96. The second-order valence-corrected chi connectivity index (χ2v) is 7.62. The van der Waals surface area contributed by atoms with Crippen molar-refractivity contribution >= 4 is 21.6 Å². The molecule has 0 aliphatic heterocycles. The van der Waals surface area contributed by atoms with Gasteiger partial charge in [-0.15, -0.1) is 0 Å². The smallest absolute Gasteiger partial charge is 0.275 e. The maximum Gasteiger partial charge on any atom is 0.275 e. The van der Waals surface area contributed by atoms with Crippen LogP contribution in [0.3, 0.4) is 0 Å². The van der Waals surface area contributed by atoms with Crippen molar-refractivity contribution < 1.29 is 12.8 Å². The second kappa shape index (κ2) is 6.83. The Morgan fingerprint density at radius 2 is 1.91 bits per heavy atom. The predicted molar refractivity (Wildman–Crippen MR) is 86.3 cm³/mol. The van der Waals surface area contributed by atoms with E-state index < -0.39 is 10.0 Å². The van der Waals surface area contributed by atoms with E-state index in [0.29, 0.717) is 17.3 Å². The molecule has 0 bridgehead atoms. The number of benzene rings is 1. The highest BCUT2D eigenvalue weighted by atomic mass is 35.5. The summed E-state index contributed by atoms with van der Waals surface area (Å²) < 4.78 is 30.4. The largest absolute Gasteiger partial charge is 0.447 e. The Bertz CT molecular complexity index is 741. The normalized spacial score (nSPS) is 13.5. The lowest BCUT2D eigenvalue weighted by Crippen LogP contribution is -2.21. The van der Waals surface area contributed by atoms with Crippen LogP contribution in [0.15, 0.2) is 45.9 Å². The fourth-order valence-corrected chi connectivity index (χ4v) is 3.07. The van der Waals surface area contributed by atoms with Crippen LogP contribution in [0.1, 0.15) is 24.3 Å². The first-order valence-electron chi connectivity index (χ1n) is 6.81. The average Bonchev–Trinajstić information content (AvgIpc) is 2.94. The lowest BCUT2D eigenvalue weighted by atomic mass is 10.1. The molecule has 2 rings (SSSR count). The predicted octanol–water partition coefficient (Wildman–Crippen LogP) is 3.03. The Labute approximate surface area is 135 Å². The number of halogens is 1. The molecule has 0 amide bonds. The zero-order valence-electron chi connectivity index (χ0n) is 12.7. The molecular weight excluding hydrogens is 324 g/mol. The van der Waals surface area contributed by atoms with Crippen molar-refractivity contribution in [3.05, 3.63) is 52.7 Å². The molecule has 0 saturated heterocycles. The lowest BCUT2D eigenvalue weighted by Gasteiger charge is -2.14. The van der Waals surface area contributed by atoms with Gasteiger partial charge in [-0.25, -0.2) is 12.7 Å². The Morgan fingerprint density at radius 3 is 2.55 bits per heavy atom. The van der Waals surface area contributed by atoms with Crippen LogP contribution in [0.2, 0.25) is 5.02 Å². The molecule has 120 valence electrons. The standard InChI is InChI=1S/C15H19ClN2O3S/c1-11(13-6-4-5-7-14(13)16)17-10-12-8-9-15(21-12)22(19,20)18(2)3/h4-9,11,17H,10H2,1-3H3/t11-/m0/s1. The van der Waals surface area contributed by atoms with Crippen LogP contribution in [-0.2, 0) is 16.6 Å². The summed E-state index contributed by atoms with van der Waals surface area (Å²) in [6.07, 6.45) is 0. The molecule has 0 fully saturated rings. The molecule has 5 nitrogen and oxygen atoms in total. The zero-order valence-corrected chi connectivity index (χ0v) is 14.3. The molecule has 1 atom stereocenters. The summed E-state index contributed by atoms with van der Waals surface area (Å²) in [5.74, 6) is 0.555. The molecule has 0 saturated carbocycles. The molecule has 0 radical (unpaired) electrons. The van der Waals surface area contributed by atoms with Gasteiger partial charge < -0.3 is 9.73 Å². The van der Waals surface area contributed by atoms with E-state index in [-0.39, 0.29) is 11.1 Å². The fraction of sp³-hybridized carbons (Fsp3) is 0.333. The number of rotatable bonds is 6. The molecule has 0 spiro atoms. The maximum atomic E-state index is 11.9. The number of nitrogens with one attached hydrogen (secondary N) is 1. The zero-order chi connectivity index (χ0) is 16.3. The summed E-state index contributed by atoms with van der Waals surface area (Å²) in [4.78, 5) is 0. The van der Waals surface area contributed by atoms with Gasteiger partial charge in [0.25, 0.3) is 10.0 Å². The molecular formula is C15H19ClN2O3S. The Balaban J connectivity index is 2.04. The highest BCUT2D eigenvalue weighted by Crippen LogP contribution is 2.23. The van der Waals surface area contributed by atoms with E-state index in [2.05, 4.69) is 5.32 Å². The van der Waals surface area contributed by atoms with E-state index in [1.165, 1.54) is 20.2 Å². The third-order valence-corrected chi connectivity index (χ3v) is 5.36. The number of furan rings is 1. The summed E-state index contributed by atoms with van der Waals surface area (Å²) in [7, 11) is -0.601. The van der Waals surface area contributed by atoms with Gasteiger partial charge in [-0.3, -0.25) is 0 Å². The quantitative estimate of drug-likeness (QED) is 0.876. The molecule has 1 aromatic heterocycles. The van der Waals surface area contributed by atoms with Crippen LogP contribution >= 0.6 is 11.6 Å². The van der Waals surface area contributed by atoms with E-state index in [0.717, 1.165) is 9.87 Å². The molecule has 0 aliphatic rings. The minimum Gasteiger partial charge on any atom is -0.447 e. The first-order chi connectivity index (χ1) is 10.3. The van der Waals surface area contributed by atoms with Crippen LogP contribution in [0.4, 0.5) is 0 Å². The van der Waals surface area contributed by atoms with Gasteiger partial charge in [0, 0.05) is 25.2 Å². The lowest BCUT2D eigenvalue weighted by molar-refractivity contribution is 0.382. The summed E-state index contributed by atoms with van der Waals surface area (Å²) in [5, 5.41) is 3.90. The van der Waals surface area contributed by atoms with Crippen molar-refractivity contribution in [3.8, 4) is 0 Å². The summed E-state index contributed by atoms with van der Waals surface area (Å²) >= 11 is 6.15. The van der Waals surface area contributed by atoms with Crippen LogP contribution in [-0.4, -0.2) is 26.8 Å². The van der Waals surface area contributed by atoms with Crippen molar-refractivity contribution in [2.75, 3.05) is 14.1 Å². The van der Waals surface area contributed by atoms with Gasteiger partial charge in [0.2, 0.25) is 5.09 Å². The van der Waals surface area contributed by atoms with E-state index in [9.17, 15) is 8.42 Å². The van der Waals surface area contributed by atoms with E-state index in [1.54, 1.807) is 6.07 Å². The number of nitrogens with zero attached hydrogens (tertiary/aromatic N) is 1. The minimum absolute atomic E-state index is 0.0210. The molecule has 1 heterocycles. The van der Waals surface area contributed by atoms with Crippen LogP contribution in [0, 0.1) is 0 Å². The minimum atomic E-state index is -3.54. The van der Waals surface area contributed by atoms with Crippen LogP contribution in [0.25, 0.3) is 0 Å². The van der Waals surface area contributed by atoms with Gasteiger partial charge in [0.1, 0.15) is 5.76 Å². The first kappa shape index (κ1) is 17.0. The molecule has 0 aliphatic carbocycles. The third kappa shape index (κ3) is 3.70. The van der Waals surface area contributed by atoms with E-state index >= 15 is 0 Å². The Hall–Kier alpha value is -1.34. The van der Waals surface area contributed by atoms with Crippen molar-refractivity contribution in [1.29, 1.82) is 0 Å². The summed E-state index contributed by atoms with van der Waals surface area (Å²) in [6, 6.07) is 10.7. The monoisotopic (exact) mass is 342 g/mol. The molecule has 1 aromatic carbocycles. The van der Waals surface area contributed by atoms with Crippen LogP contribution in [0.5, 0.6) is 0 Å². The Kier molecular flexibility index (Phi) is 5.28. The van der Waals surface area contributed by atoms with Crippen molar-refractivity contribution in [1.82, 2.24) is 9.62 Å². The highest BCUT2D eigenvalue weighted by molar-refractivity contribution is 7.88. The topological polar surface area (TPSA) is 62.6 Å². The van der Waals surface area contributed by atoms with Gasteiger partial charge in [0.05, 0.1) is 6.54 Å². The molecule has 22 heavy (non-hydrogen) atoms. The highest BCUT2D eigenvalue weighted by Gasteiger charge is 2.21. The summed E-state index contributed by atoms with van der Waals surface area (Å²) in [6.45, 7) is 2.40. The van der Waals surface area contributed by atoms with Gasteiger partial charge in [-0.05, 0) is 30.7 Å². The second-order valence-electron chi connectivity index (χ2n) is 5.13. The number of hydrogen-bond donors (Lipinski definition) is 1. The molecule has 7 heteroatoms. The van der Waals surface area contributed by atoms with Crippen molar-refractivity contribution in [2.24, 2.45) is 0 Å². The number of hydrogen-bond acceptors (Lipinski definition) is 4. The van der Waals surface area contributed by atoms with Crippen molar-refractivity contribution in [2.45, 2.75) is 24.6 Å². The van der Waals surface area contributed by atoms with E-state index in [1.807, 2.05) is 31.2 Å². The number of sulfonamides is 1. The van der Waals surface area contributed by atoms with Crippen LogP contribution < -0.4 is 5.32 Å². The molecule has 0 unspecified atom stereocenters. The maximum absolute atomic E-state index is 11.9. The van der Waals surface area contributed by atoms with Gasteiger partial charge >= 0.3 is 0 Å². The molecule has 1 N–H and O–H groups in total.